The standard InChI is InChI=1S/C19H19ClN2O4/c20-15-10-14(11-16-18(15)26-9-8-25-16)19(24)22(7-6-17(21)23)12-13-4-2-1-3-5-13/h1-5,10-11H,6-9,12H2,(H2,21,23). The maximum Gasteiger partial charge on any atom is 0.254 e. The van der Waals surface area contributed by atoms with Crippen LogP contribution >= 0.6 is 11.6 Å². The number of fused-ring (bicyclic) bond motifs is 1. The fraction of sp³-hybridized carbons (Fsp3) is 0.263. The van der Waals surface area contributed by atoms with Crippen LogP contribution in [-0.2, 0) is 11.3 Å². The van der Waals surface area contributed by atoms with Crippen molar-refractivity contribution in [2.75, 3.05) is 19.8 Å². The highest BCUT2D eigenvalue weighted by Gasteiger charge is 2.23. The number of nitrogens with two attached hydrogens (primary N) is 1. The summed E-state index contributed by atoms with van der Waals surface area (Å²) in [5, 5.41) is 0.320. The molecule has 2 aromatic rings. The number of primary amides is 1. The van der Waals surface area contributed by atoms with Gasteiger partial charge in [-0.05, 0) is 17.7 Å². The van der Waals surface area contributed by atoms with Crippen molar-refractivity contribution >= 4 is 23.4 Å². The van der Waals surface area contributed by atoms with E-state index >= 15 is 0 Å². The van der Waals surface area contributed by atoms with Gasteiger partial charge >= 0.3 is 0 Å². The van der Waals surface area contributed by atoms with Crippen molar-refractivity contribution in [3.8, 4) is 11.5 Å². The lowest BCUT2D eigenvalue weighted by Crippen LogP contribution is -2.33. The number of amides is 2. The van der Waals surface area contributed by atoms with Gasteiger partial charge in [0, 0.05) is 25.1 Å². The van der Waals surface area contributed by atoms with Crippen LogP contribution in [0.25, 0.3) is 0 Å². The third-order valence-corrected chi connectivity index (χ3v) is 4.26. The van der Waals surface area contributed by atoms with Gasteiger partial charge in [-0.2, -0.15) is 0 Å². The van der Waals surface area contributed by atoms with Crippen LogP contribution in [0.3, 0.4) is 0 Å². The summed E-state index contributed by atoms with van der Waals surface area (Å²) in [7, 11) is 0. The average Bonchev–Trinajstić information content (AvgIpc) is 2.65. The second kappa shape index (κ2) is 8.10. The molecule has 7 heteroatoms. The van der Waals surface area contributed by atoms with E-state index in [4.69, 9.17) is 26.8 Å². The molecule has 0 aromatic heterocycles. The minimum absolute atomic E-state index is 0.0802. The Hall–Kier alpha value is -2.73. The van der Waals surface area contributed by atoms with Gasteiger partial charge in [0.15, 0.2) is 11.5 Å². The van der Waals surface area contributed by atoms with Crippen LogP contribution in [0.4, 0.5) is 0 Å². The zero-order valence-corrected chi connectivity index (χ0v) is 14.9. The molecule has 0 saturated carbocycles. The van der Waals surface area contributed by atoms with Crippen molar-refractivity contribution in [2.24, 2.45) is 5.73 Å². The predicted molar refractivity (Wildman–Crippen MR) is 97.4 cm³/mol. The van der Waals surface area contributed by atoms with Gasteiger partial charge < -0.3 is 20.1 Å². The molecule has 136 valence electrons. The van der Waals surface area contributed by atoms with E-state index in [1.54, 1.807) is 17.0 Å². The summed E-state index contributed by atoms with van der Waals surface area (Å²) in [6, 6.07) is 12.7. The molecule has 3 rings (SSSR count). The molecule has 1 aliphatic heterocycles. The van der Waals surface area contributed by atoms with Crippen LogP contribution in [0.5, 0.6) is 11.5 Å². The third-order valence-electron chi connectivity index (χ3n) is 3.98. The number of carbonyl (C=O) groups is 2. The molecule has 0 spiro atoms. The average molecular weight is 375 g/mol. The first-order valence-electron chi connectivity index (χ1n) is 8.25. The molecule has 0 atom stereocenters. The quantitative estimate of drug-likeness (QED) is 0.842. The lowest BCUT2D eigenvalue weighted by molar-refractivity contribution is -0.118. The Bertz CT molecular complexity index is 811. The van der Waals surface area contributed by atoms with E-state index in [1.165, 1.54) is 0 Å². The highest BCUT2D eigenvalue weighted by Crippen LogP contribution is 2.38. The van der Waals surface area contributed by atoms with Gasteiger partial charge in [0.1, 0.15) is 13.2 Å². The van der Waals surface area contributed by atoms with E-state index in [2.05, 4.69) is 0 Å². The van der Waals surface area contributed by atoms with Crippen molar-refractivity contribution in [1.29, 1.82) is 0 Å². The van der Waals surface area contributed by atoms with Crippen LogP contribution in [0.15, 0.2) is 42.5 Å². The molecule has 0 aliphatic carbocycles. The number of halogens is 1. The number of benzene rings is 2. The lowest BCUT2D eigenvalue weighted by Gasteiger charge is -2.24. The fourth-order valence-electron chi connectivity index (χ4n) is 2.72. The van der Waals surface area contributed by atoms with E-state index in [-0.39, 0.29) is 18.9 Å². The van der Waals surface area contributed by atoms with Crippen LogP contribution in [0, 0.1) is 0 Å². The fourth-order valence-corrected chi connectivity index (χ4v) is 2.98. The molecule has 2 aromatic carbocycles. The number of rotatable bonds is 6. The second-order valence-electron chi connectivity index (χ2n) is 5.91. The summed E-state index contributed by atoms with van der Waals surface area (Å²) < 4.78 is 11.0. The Kier molecular flexibility index (Phi) is 5.63. The molecule has 2 N–H and O–H groups in total. The third kappa shape index (κ3) is 4.26. The van der Waals surface area contributed by atoms with E-state index < -0.39 is 5.91 Å². The first kappa shape index (κ1) is 18.1. The monoisotopic (exact) mass is 374 g/mol. The Morgan fingerprint density at radius 1 is 1.12 bits per heavy atom. The van der Waals surface area contributed by atoms with Gasteiger partial charge in [-0.15, -0.1) is 0 Å². The molecule has 0 saturated heterocycles. The smallest absolute Gasteiger partial charge is 0.254 e. The molecule has 1 heterocycles. The van der Waals surface area contributed by atoms with Crippen molar-refractivity contribution in [3.63, 3.8) is 0 Å². The zero-order valence-electron chi connectivity index (χ0n) is 14.1. The van der Waals surface area contributed by atoms with Crippen molar-refractivity contribution < 1.29 is 19.1 Å². The van der Waals surface area contributed by atoms with Crippen LogP contribution in [0.2, 0.25) is 5.02 Å². The molecular weight excluding hydrogens is 356 g/mol. The Balaban J connectivity index is 1.86. The van der Waals surface area contributed by atoms with Crippen LogP contribution in [0.1, 0.15) is 22.3 Å². The van der Waals surface area contributed by atoms with E-state index in [0.29, 0.717) is 41.8 Å². The molecule has 6 nitrogen and oxygen atoms in total. The highest BCUT2D eigenvalue weighted by molar-refractivity contribution is 6.32. The summed E-state index contributed by atoms with van der Waals surface area (Å²) in [6.07, 6.45) is 0.0802. The Morgan fingerprint density at radius 2 is 1.85 bits per heavy atom. The van der Waals surface area contributed by atoms with Crippen molar-refractivity contribution in [2.45, 2.75) is 13.0 Å². The lowest BCUT2D eigenvalue weighted by atomic mass is 10.1. The normalized spacial score (nSPS) is 12.5. The van der Waals surface area contributed by atoms with Gasteiger partial charge in [-0.1, -0.05) is 41.9 Å². The predicted octanol–water partition coefficient (Wildman–Crippen LogP) is 2.63. The topological polar surface area (TPSA) is 81.9 Å². The minimum atomic E-state index is -0.462. The molecule has 26 heavy (non-hydrogen) atoms. The SMILES string of the molecule is NC(=O)CCN(Cc1ccccc1)C(=O)c1cc(Cl)c2c(c1)OCCO2. The molecule has 1 aliphatic rings. The van der Waals surface area contributed by atoms with Crippen molar-refractivity contribution in [1.82, 2.24) is 4.90 Å². The minimum Gasteiger partial charge on any atom is -0.486 e. The molecule has 0 unspecified atom stereocenters. The van der Waals surface area contributed by atoms with E-state index in [0.717, 1.165) is 5.56 Å². The maximum absolute atomic E-state index is 13.0. The number of hydrogen-bond donors (Lipinski definition) is 1. The highest BCUT2D eigenvalue weighted by atomic mass is 35.5. The van der Waals surface area contributed by atoms with Gasteiger partial charge in [-0.3, -0.25) is 9.59 Å². The summed E-state index contributed by atoms with van der Waals surface area (Å²) in [6.45, 7) is 1.39. The second-order valence-corrected chi connectivity index (χ2v) is 6.32. The van der Waals surface area contributed by atoms with Gasteiger partial charge in [-0.25, -0.2) is 0 Å². The number of nitrogens with zero attached hydrogens (tertiary/aromatic N) is 1. The number of ether oxygens (including phenoxy) is 2. The van der Waals surface area contributed by atoms with E-state index in [1.807, 2.05) is 30.3 Å². The molecule has 0 radical (unpaired) electrons. The zero-order chi connectivity index (χ0) is 18.5. The van der Waals surface area contributed by atoms with Crippen LogP contribution in [-0.4, -0.2) is 36.5 Å². The maximum atomic E-state index is 13.0. The number of carbonyl (C=O) groups excluding carboxylic acids is 2. The first-order chi connectivity index (χ1) is 12.5. The summed E-state index contributed by atoms with van der Waals surface area (Å²) in [4.78, 5) is 25.8. The van der Waals surface area contributed by atoms with Crippen LogP contribution < -0.4 is 15.2 Å². The molecular formula is C19H19ClN2O4. The van der Waals surface area contributed by atoms with Gasteiger partial charge in [0.05, 0.1) is 5.02 Å². The van der Waals surface area contributed by atoms with Gasteiger partial charge in [0.2, 0.25) is 5.91 Å². The largest absolute Gasteiger partial charge is 0.486 e. The molecule has 0 bridgehead atoms. The van der Waals surface area contributed by atoms with Crippen molar-refractivity contribution in [3.05, 3.63) is 58.6 Å². The number of hydrogen-bond acceptors (Lipinski definition) is 4. The Morgan fingerprint density at radius 3 is 2.58 bits per heavy atom. The first-order valence-corrected chi connectivity index (χ1v) is 8.63. The molecule has 0 fully saturated rings. The van der Waals surface area contributed by atoms with Gasteiger partial charge in [0.25, 0.3) is 5.91 Å². The van der Waals surface area contributed by atoms with E-state index in [9.17, 15) is 9.59 Å². The summed E-state index contributed by atoms with van der Waals surface area (Å²) in [5.41, 5.74) is 6.58. The summed E-state index contributed by atoms with van der Waals surface area (Å²) >= 11 is 6.23. The Labute approximate surface area is 156 Å². The molecule has 2 amide bonds. The summed E-state index contributed by atoms with van der Waals surface area (Å²) in [5.74, 6) is 0.174.